The van der Waals surface area contributed by atoms with Crippen LogP contribution in [0.1, 0.15) is 117 Å². The van der Waals surface area contributed by atoms with Crippen LogP contribution in [0, 0.1) is 22.7 Å². The maximum atomic E-state index is 12.6. The summed E-state index contributed by atoms with van der Waals surface area (Å²) in [5, 5.41) is 3.70. The molecule has 0 unspecified atom stereocenters. The molecule has 8 rings (SSSR count). The normalized spacial score (nSPS) is 32.4. The van der Waals surface area contributed by atoms with E-state index in [0.29, 0.717) is 36.6 Å². The van der Waals surface area contributed by atoms with Crippen molar-refractivity contribution in [2.24, 2.45) is 22.7 Å². The first kappa shape index (κ1) is 52.0. The van der Waals surface area contributed by atoms with Gasteiger partial charge in [0.1, 0.15) is 0 Å². The number of likely N-dealkylation sites (tertiary alicyclic amines) is 5. The summed E-state index contributed by atoms with van der Waals surface area (Å²) >= 11 is 1.69. The van der Waals surface area contributed by atoms with Gasteiger partial charge < -0.3 is 34.4 Å². The van der Waals surface area contributed by atoms with Gasteiger partial charge in [0.05, 0.1) is 26.1 Å². The van der Waals surface area contributed by atoms with Crippen molar-refractivity contribution in [3.8, 4) is 0 Å². The monoisotopic (exact) mass is 1030 g/mol. The Morgan fingerprint density at radius 2 is 1.15 bits per heavy atom. The van der Waals surface area contributed by atoms with E-state index in [0.717, 1.165) is 109 Å². The molecule has 0 bridgehead atoms. The van der Waals surface area contributed by atoms with Gasteiger partial charge in [0, 0.05) is 61.3 Å². The van der Waals surface area contributed by atoms with E-state index >= 15 is 0 Å². The van der Waals surface area contributed by atoms with Crippen LogP contribution in [0.4, 0.5) is 35.9 Å². The Hall–Kier alpha value is -1.02. The first-order chi connectivity index (χ1) is 29.0. The number of nitrogens with zero attached hydrogens (tertiary/aromatic N) is 5. The highest BCUT2D eigenvalue weighted by molar-refractivity contribution is 14.1. The number of piperidine rings is 2. The molecule has 0 radical (unpaired) electrons. The van der Waals surface area contributed by atoms with Gasteiger partial charge in [-0.05, 0) is 166 Å². The average Bonchev–Trinajstić information content (AvgIpc) is 4.03. The van der Waals surface area contributed by atoms with Crippen LogP contribution in [0.15, 0.2) is 0 Å². The lowest BCUT2D eigenvalue weighted by molar-refractivity contribution is -0.139. The number of nitrogens with one attached hydrogen (secondary N) is 1. The first-order valence-corrected chi connectivity index (χ1v) is 25.0. The van der Waals surface area contributed by atoms with Crippen molar-refractivity contribution in [2.45, 2.75) is 153 Å². The fourth-order valence-corrected chi connectivity index (χ4v) is 12.8. The second-order valence-electron chi connectivity index (χ2n) is 19.5. The number of alkyl halides is 7. The van der Waals surface area contributed by atoms with Crippen LogP contribution in [0.25, 0.3) is 0 Å². The Bertz CT molecular complexity index is 1390. The topological polar surface area (TPSA) is 80.8 Å². The molecule has 2 saturated carbocycles. The first-order valence-electron chi connectivity index (χ1n) is 23.5. The molecule has 8 fully saturated rings. The van der Waals surface area contributed by atoms with E-state index in [4.69, 9.17) is 9.47 Å². The lowest BCUT2D eigenvalue weighted by Gasteiger charge is -2.52. The molecule has 62 heavy (non-hydrogen) atoms. The molecule has 0 aromatic heterocycles. The lowest BCUT2D eigenvalue weighted by Crippen LogP contribution is -2.55. The smallest absolute Gasteiger partial charge is 0.409 e. The van der Waals surface area contributed by atoms with Crippen LogP contribution in [0.2, 0.25) is 0 Å². The van der Waals surface area contributed by atoms with E-state index in [1.807, 2.05) is 23.6 Å². The van der Waals surface area contributed by atoms with Crippen LogP contribution in [0.5, 0.6) is 0 Å². The second-order valence-corrected chi connectivity index (χ2v) is 20.6. The molecule has 2 aliphatic carbocycles. The number of carbonyl (C=O) groups is 2. The van der Waals surface area contributed by atoms with Crippen LogP contribution in [-0.2, 0) is 9.47 Å². The fraction of sp³-hybridized carbons (Fsp3) is 0.955. The van der Waals surface area contributed by atoms with Crippen molar-refractivity contribution in [1.82, 2.24) is 29.8 Å². The number of ether oxygens (including phenoxy) is 2. The Morgan fingerprint density at radius 1 is 0.661 bits per heavy atom. The number of rotatable bonds is 9. The summed E-state index contributed by atoms with van der Waals surface area (Å²) in [6.07, 6.45) is 7.28. The van der Waals surface area contributed by atoms with Crippen molar-refractivity contribution >= 4 is 47.2 Å². The highest BCUT2D eigenvalue weighted by atomic mass is 127. The molecule has 8 aliphatic rings. The summed E-state index contributed by atoms with van der Waals surface area (Å²) in [6.45, 7) is 15.0. The quantitative estimate of drug-likeness (QED) is 0.139. The van der Waals surface area contributed by atoms with E-state index < -0.39 is 25.2 Å². The van der Waals surface area contributed by atoms with Gasteiger partial charge in [-0.1, -0.05) is 22.6 Å². The zero-order chi connectivity index (χ0) is 43.8. The van der Waals surface area contributed by atoms with Crippen molar-refractivity contribution in [3.63, 3.8) is 0 Å². The van der Waals surface area contributed by atoms with Gasteiger partial charge in [-0.15, -0.1) is 12.4 Å². The Kier molecular flexibility index (Phi) is 19.4. The third-order valence-electron chi connectivity index (χ3n) is 15.5. The number of hydrogen-bond donors (Lipinski definition) is 1. The maximum absolute atomic E-state index is 12.6. The van der Waals surface area contributed by atoms with Gasteiger partial charge in [-0.2, -0.15) is 26.3 Å². The second kappa shape index (κ2) is 23.1. The molecule has 2 atom stereocenters. The highest BCUT2D eigenvalue weighted by Crippen LogP contribution is 2.52. The molecule has 360 valence electrons. The largest absolute Gasteiger partial charge is 0.450 e. The minimum atomic E-state index is -4.06. The van der Waals surface area contributed by atoms with Gasteiger partial charge in [0.25, 0.3) is 0 Å². The minimum absolute atomic E-state index is 0. The van der Waals surface area contributed by atoms with E-state index in [-0.39, 0.29) is 41.0 Å². The van der Waals surface area contributed by atoms with Crippen LogP contribution < -0.4 is 5.32 Å². The van der Waals surface area contributed by atoms with E-state index in [2.05, 4.69) is 20.0 Å². The molecule has 10 nitrogen and oxygen atoms in total. The van der Waals surface area contributed by atoms with E-state index in [1.165, 1.54) is 64.6 Å². The molecule has 6 heterocycles. The van der Waals surface area contributed by atoms with Crippen LogP contribution >= 0.6 is 35.0 Å². The fourth-order valence-electron chi connectivity index (χ4n) is 12.2. The summed E-state index contributed by atoms with van der Waals surface area (Å²) in [4.78, 5) is 35.1. The molecule has 0 aromatic carbocycles. The molecule has 2 amide bonds. The predicted molar refractivity (Wildman–Crippen MR) is 239 cm³/mol. The molecule has 0 aromatic rings. The molecule has 2 spiro atoms. The third kappa shape index (κ3) is 14.2. The Morgan fingerprint density at radius 3 is 1.55 bits per heavy atom. The van der Waals surface area contributed by atoms with Crippen LogP contribution in [-0.4, -0.2) is 163 Å². The van der Waals surface area contributed by atoms with Crippen molar-refractivity contribution in [1.29, 1.82) is 0 Å². The summed E-state index contributed by atoms with van der Waals surface area (Å²) in [6, 6.07) is 2.52. The summed E-state index contributed by atoms with van der Waals surface area (Å²) < 4.78 is 81.5. The van der Waals surface area contributed by atoms with Gasteiger partial charge in [-0.25, -0.2) is 9.59 Å². The van der Waals surface area contributed by atoms with Gasteiger partial charge >= 0.3 is 24.5 Å². The third-order valence-corrected chi connectivity index (χ3v) is 16.0. The zero-order valence-electron chi connectivity index (χ0n) is 37.1. The summed E-state index contributed by atoms with van der Waals surface area (Å²) in [7, 11) is 0. The summed E-state index contributed by atoms with van der Waals surface area (Å²) in [5.41, 5.74) is 0.690. The number of carbonyl (C=O) groups excluding carboxylic acids is 2. The number of hydrogen-bond acceptors (Lipinski definition) is 8. The minimum Gasteiger partial charge on any atom is -0.450 e. The van der Waals surface area contributed by atoms with Crippen molar-refractivity contribution in [2.75, 3.05) is 89.6 Å². The summed E-state index contributed by atoms with van der Waals surface area (Å²) in [5.74, 6) is 1.44. The molecular weight excluding hydrogens is 953 g/mol. The molecule has 1 N–H and O–H groups in total. The molecule has 6 aliphatic heterocycles. The average molecular weight is 1030 g/mol. The van der Waals surface area contributed by atoms with Crippen molar-refractivity contribution in [3.05, 3.63) is 0 Å². The van der Waals surface area contributed by atoms with Gasteiger partial charge in [-0.3, -0.25) is 4.90 Å². The Labute approximate surface area is 386 Å². The highest BCUT2D eigenvalue weighted by Gasteiger charge is 2.53. The molecule has 6 saturated heterocycles. The van der Waals surface area contributed by atoms with Crippen molar-refractivity contribution < 1.29 is 45.4 Å². The molecule has 18 heteroatoms. The van der Waals surface area contributed by atoms with E-state index in [9.17, 15) is 35.9 Å². The van der Waals surface area contributed by atoms with Gasteiger partial charge in [0.2, 0.25) is 0 Å². The maximum Gasteiger partial charge on any atom is 0.409 e. The lowest BCUT2D eigenvalue weighted by atomic mass is 9.64. The van der Waals surface area contributed by atoms with Crippen LogP contribution in [0.3, 0.4) is 0 Å². The number of halogens is 8. The SMILES string of the molecule is CCOC(=O)N1CCC2(CC(N3CCC([C@@H]4CCCN4)CC3)C2)C1.CCOC(=O)N1CCC2(CC(N3CCC([C@@H]4CCCN4CCC(F)(F)F)CC3)C2)C1.Cl.FC(F)(F)CCI. The van der Waals surface area contributed by atoms with Gasteiger partial charge in [0.15, 0.2) is 0 Å². The standard InChI is InChI=1S/C22H36F3N3O2.C19H33N3O2.C3H4F3I.ClH/c1-2-30-20(29)28-12-7-21(16-28)14-18(15-21)26-10-5-17(6-11-26)19-4-3-9-27(19)13-8-22(23,24)25;1-2-24-18(23)22-11-7-19(14-22)12-16(13-19)21-9-5-15(6-10-21)17-4-3-8-20-17;4-3(5,6)1-2-7;/h17-19H,2-16H2,1H3;15-17,20H,2-14H2,1H3;1-2H2;1H/t18?,19-,21?;16?,17-,19?;;/m00../s1. The predicted octanol–water partition coefficient (Wildman–Crippen LogP) is 9.38. The molecular formula is C44H74ClF6IN6O4. The van der Waals surface area contributed by atoms with E-state index in [1.54, 1.807) is 22.6 Å². The number of amides is 2. The zero-order valence-corrected chi connectivity index (χ0v) is 40.1. The Balaban J connectivity index is 0.000000204.